The molecule has 0 bridgehead atoms. The van der Waals surface area contributed by atoms with Crippen LogP contribution in [-0.4, -0.2) is 51.7 Å². The third-order valence-electron chi connectivity index (χ3n) is 4.96. The molecule has 1 fully saturated rings. The van der Waals surface area contributed by atoms with Gasteiger partial charge in [0.2, 0.25) is 12.3 Å². The molecule has 9 nitrogen and oxygen atoms in total. The lowest BCUT2D eigenvalue weighted by Crippen LogP contribution is -2.32. The van der Waals surface area contributed by atoms with Crippen LogP contribution in [0, 0.1) is 19.3 Å². The molecule has 3 rings (SSSR count). The molecular formula is C25H44N6O3. The normalized spacial score (nSPS) is 14.5. The first-order chi connectivity index (χ1) is 16.1. The van der Waals surface area contributed by atoms with Crippen molar-refractivity contribution in [3.05, 3.63) is 41.2 Å². The van der Waals surface area contributed by atoms with Crippen LogP contribution in [0.25, 0.3) is 11.1 Å². The quantitative estimate of drug-likeness (QED) is 0.254. The summed E-state index contributed by atoms with van der Waals surface area (Å²) in [5.74, 6) is 8.17. The lowest BCUT2D eigenvalue weighted by atomic mass is 9.92. The van der Waals surface area contributed by atoms with Crippen LogP contribution in [0.15, 0.2) is 24.3 Å². The minimum Gasteiger partial charge on any atom is -0.391 e. The van der Waals surface area contributed by atoms with Gasteiger partial charge in [-0.25, -0.2) is 0 Å². The Morgan fingerprint density at radius 1 is 1.24 bits per heavy atom. The van der Waals surface area contributed by atoms with Gasteiger partial charge in [0.25, 0.3) is 0 Å². The molecule has 2 aromatic rings. The number of H-pyrrole nitrogens is 1. The molecular weight excluding hydrogens is 432 g/mol. The van der Waals surface area contributed by atoms with Gasteiger partial charge in [0.05, 0.1) is 11.8 Å². The van der Waals surface area contributed by atoms with Crippen LogP contribution in [0.2, 0.25) is 0 Å². The van der Waals surface area contributed by atoms with E-state index >= 15 is 0 Å². The van der Waals surface area contributed by atoms with Crippen LogP contribution in [0.4, 0.5) is 0 Å². The van der Waals surface area contributed by atoms with Gasteiger partial charge in [0.1, 0.15) is 0 Å². The highest BCUT2D eigenvalue weighted by atomic mass is 16.3. The monoisotopic (exact) mass is 476 g/mol. The van der Waals surface area contributed by atoms with E-state index in [1.165, 1.54) is 0 Å². The van der Waals surface area contributed by atoms with Gasteiger partial charge in [0, 0.05) is 37.3 Å². The van der Waals surface area contributed by atoms with E-state index in [0.717, 1.165) is 41.0 Å². The summed E-state index contributed by atoms with van der Waals surface area (Å²) < 4.78 is 0. The van der Waals surface area contributed by atoms with Gasteiger partial charge in [-0.3, -0.25) is 26.4 Å². The Kier molecular flexibility index (Phi) is 14.7. The SMILES string of the molecule is CC.CC(C)(C)CC(=O)N1CCC(O)C1.Cc1n[nH]c(C)c1-c1ccc(CNC=O)cc1.NN. The summed E-state index contributed by atoms with van der Waals surface area (Å²) >= 11 is 0. The summed E-state index contributed by atoms with van der Waals surface area (Å²) in [7, 11) is 0. The van der Waals surface area contributed by atoms with E-state index in [-0.39, 0.29) is 17.4 Å². The summed E-state index contributed by atoms with van der Waals surface area (Å²) in [6.07, 6.45) is 1.71. The fraction of sp³-hybridized carbons (Fsp3) is 0.560. The number of nitrogens with zero attached hydrogens (tertiary/aromatic N) is 2. The van der Waals surface area contributed by atoms with E-state index in [1.807, 2.05) is 52.0 Å². The lowest BCUT2D eigenvalue weighted by Gasteiger charge is -2.22. The van der Waals surface area contributed by atoms with Crippen LogP contribution in [0.3, 0.4) is 0 Å². The number of aliphatic hydroxyl groups is 1. The molecule has 0 radical (unpaired) electrons. The maximum Gasteiger partial charge on any atom is 0.223 e. The second-order valence-electron chi connectivity index (χ2n) is 9.02. The molecule has 1 unspecified atom stereocenters. The van der Waals surface area contributed by atoms with Gasteiger partial charge in [-0.15, -0.1) is 0 Å². The number of aromatic amines is 1. The number of aliphatic hydroxyl groups excluding tert-OH is 1. The highest BCUT2D eigenvalue weighted by Gasteiger charge is 2.27. The van der Waals surface area contributed by atoms with Crippen molar-refractivity contribution in [3.63, 3.8) is 0 Å². The van der Waals surface area contributed by atoms with Crippen molar-refractivity contribution >= 4 is 12.3 Å². The molecule has 34 heavy (non-hydrogen) atoms. The highest BCUT2D eigenvalue weighted by Crippen LogP contribution is 2.25. The number of hydrogen-bond donors (Lipinski definition) is 5. The van der Waals surface area contributed by atoms with Crippen molar-refractivity contribution in [2.75, 3.05) is 13.1 Å². The zero-order chi connectivity index (χ0) is 26.3. The van der Waals surface area contributed by atoms with E-state index in [1.54, 1.807) is 4.90 Å². The smallest absolute Gasteiger partial charge is 0.223 e. The number of β-amino-alcohol motifs (C(OH)–C–C–N with tert-alkyl or cyclic N) is 1. The fourth-order valence-electron chi connectivity index (χ4n) is 3.46. The maximum absolute atomic E-state index is 11.6. The van der Waals surface area contributed by atoms with Gasteiger partial charge in [-0.1, -0.05) is 58.9 Å². The van der Waals surface area contributed by atoms with Gasteiger partial charge >= 0.3 is 0 Å². The van der Waals surface area contributed by atoms with E-state index in [0.29, 0.717) is 25.9 Å². The maximum atomic E-state index is 11.6. The van der Waals surface area contributed by atoms with Crippen LogP contribution >= 0.6 is 0 Å². The number of rotatable bonds is 5. The average molecular weight is 477 g/mol. The first kappa shape index (κ1) is 31.2. The molecule has 2 amide bonds. The van der Waals surface area contributed by atoms with Gasteiger partial charge in [-0.2, -0.15) is 5.10 Å². The Labute approximate surface area is 204 Å². The number of hydrazine groups is 1. The van der Waals surface area contributed by atoms with Crippen molar-refractivity contribution in [1.29, 1.82) is 0 Å². The van der Waals surface area contributed by atoms with Crippen molar-refractivity contribution in [1.82, 2.24) is 20.4 Å². The molecule has 1 aliphatic rings. The minimum atomic E-state index is -0.302. The molecule has 1 saturated heterocycles. The molecule has 1 aliphatic heterocycles. The predicted octanol–water partition coefficient (Wildman–Crippen LogP) is 2.80. The van der Waals surface area contributed by atoms with Crippen LogP contribution in [0.5, 0.6) is 0 Å². The molecule has 9 heteroatoms. The lowest BCUT2D eigenvalue weighted by molar-refractivity contribution is -0.132. The Hall–Kier alpha value is -2.75. The molecule has 0 spiro atoms. The molecule has 192 valence electrons. The van der Waals surface area contributed by atoms with Crippen molar-refractivity contribution in [3.8, 4) is 11.1 Å². The third-order valence-corrected chi connectivity index (χ3v) is 4.96. The standard InChI is InChI=1S/C13H15N3O.C10H19NO2.C2H6.H4N2/c1-9-13(10(2)16-15-9)12-5-3-11(4-6-12)7-14-8-17;1-10(2,3)6-9(13)11-5-4-8(12)7-11;2*1-2/h3-6,8H,7H2,1-2H3,(H,14,17)(H,15,16);8,12H,4-7H2,1-3H3;1-2H3;1-2H2. The minimum absolute atomic E-state index is 0.0463. The number of aromatic nitrogens is 2. The van der Waals surface area contributed by atoms with Crippen molar-refractivity contribution in [2.45, 2.75) is 74.0 Å². The topological polar surface area (TPSA) is 150 Å². The number of nitrogens with one attached hydrogen (secondary N) is 2. The largest absolute Gasteiger partial charge is 0.391 e. The average Bonchev–Trinajstić information content (AvgIpc) is 3.40. The molecule has 0 aliphatic carbocycles. The number of benzene rings is 1. The number of carbonyl (C=O) groups is 2. The molecule has 0 saturated carbocycles. The predicted molar refractivity (Wildman–Crippen MR) is 137 cm³/mol. The van der Waals surface area contributed by atoms with Crippen molar-refractivity contribution < 1.29 is 14.7 Å². The summed E-state index contributed by atoms with van der Waals surface area (Å²) in [6.45, 7) is 16.0. The molecule has 2 heterocycles. The zero-order valence-corrected chi connectivity index (χ0v) is 21.8. The zero-order valence-electron chi connectivity index (χ0n) is 21.8. The first-order valence-corrected chi connectivity index (χ1v) is 11.7. The summed E-state index contributed by atoms with van der Waals surface area (Å²) in [6, 6.07) is 8.12. The van der Waals surface area contributed by atoms with E-state index in [2.05, 4.69) is 48.0 Å². The summed E-state index contributed by atoms with van der Waals surface area (Å²) in [5, 5.41) is 19.1. The van der Waals surface area contributed by atoms with Gasteiger partial charge in [-0.05, 0) is 36.8 Å². The van der Waals surface area contributed by atoms with E-state index in [4.69, 9.17) is 0 Å². The van der Waals surface area contributed by atoms with E-state index < -0.39 is 0 Å². The number of carbonyl (C=O) groups excluding carboxylic acids is 2. The molecule has 1 atom stereocenters. The Morgan fingerprint density at radius 2 is 1.82 bits per heavy atom. The Balaban J connectivity index is 0.000000574. The second kappa shape index (κ2) is 16.0. The second-order valence-corrected chi connectivity index (χ2v) is 9.02. The fourth-order valence-corrected chi connectivity index (χ4v) is 3.46. The summed E-state index contributed by atoms with van der Waals surface area (Å²) in [4.78, 5) is 23.6. The van der Waals surface area contributed by atoms with Crippen LogP contribution in [0.1, 0.15) is 64.4 Å². The first-order valence-electron chi connectivity index (χ1n) is 11.7. The third kappa shape index (κ3) is 10.9. The van der Waals surface area contributed by atoms with Crippen molar-refractivity contribution in [2.24, 2.45) is 17.1 Å². The number of likely N-dealkylation sites (tertiary alicyclic amines) is 1. The number of aryl methyl sites for hydroxylation is 2. The Bertz CT molecular complexity index is 824. The highest BCUT2D eigenvalue weighted by molar-refractivity contribution is 5.77. The van der Waals surface area contributed by atoms with Crippen LogP contribution < -0.4 is 17.0 Å². The van der Waals surface area contributed by atoms with Gasteiger partial charge < -0.3 is 15.3 Å². The molecule has 7 N–H and O–H groups in total. The van der Waals surface area contributed by atoms with Crippen LogP contribution in [-0.2, 0) is 16.1 Å². The summed E-state index contributed by atoms with van der Waals surface area (Å²) in [5.41, 5.74) is 5.50. The number of amides is 2. The molecule has 1 aromatic carbocycles. The number of nitrogens with two attached hydrogens (primary N) is 2. The molecule has 1 aromatic heterocycles. The van der Waals surface area contributed by atoms with Gasteiger partial charge in [0.15, 0.2) is 0 Å². The van der Waals surface area contributed by atoms with E-state index in [9.17, 15) is 14.7 Å². The Morgan fingerprint density at radius 3 is 2.24 bits per heavy atom. The number of hydrogen-bond acceptors (Lipinski definition) is 6.